The van der Waals surface area contributed by atoms with Gasteiger partial charge in [0.1, 0.15) is 23.8 Å². The Balaban J connectivity index is 1.51. The molecule has 0 spiro atoms. The van der Waals surface area contributed by atoms with Crippen LogP contribution in [0, 0.1) is 12.7 Å². The van der Waals surface area contributed by atoms with Crippen LogP contribution in [0.15, 0.2) is 69.9 Å². The van der Waals surface area contributed by atoms with Crippen LogP contribution in [0.5, 0.6) is 17.2 Å². The Morgan fingerprint density at radius 3 is 2.49 bits per heavy atom. The normalized spacial score (nSPS) is 14.8. The van der Waals surface area contributed by atoms with E-state index in [0.717, 1.165) is 22.1 Å². The molecule has 1 aliphatic heterocycles. The van der Waals surface area contributed by atoms with Crippen molar-refractivity contribution in [3.8, 4) is 17.2 Å². The molecule has 0 radical (unpaired) electrons. The summed E-state index contributed by atoms with van der Waals surface area (Å²) in [7, 11) is 3.14. The molecular weight excluding hydrogens is 477 g/mol. The second-order valence-electron chi connectivity index (χ2n) is 8.89. The molecule has 7 nitrogen and oxygen atoms in total. The van der Waals surface area contributed by atoms with E-state index in [9.17, 15) is 14.0 Å². The van der Waals surface area contributed by atoms with Crippen molar-refractivity contribution < 1.29 is 27.8 Å². The molecular formula is C29H26FNO6. The number of hydrogen-bond acceptors (Lipinski definition) is 6. The predicted molar refractivity (Wildman–Crippen MR) is 136 cm³/mol. The molecule has 8 heteroatoms. The lowest BCUT2D eigenvalue weighted by Crippen LogP contribution is -2.42. The Labute approximate surface area is 213 Å². The minimum atomic E-state index is -0.457. The van der Waals surface area contributed by atoms with Gasteiger partial charge in [-0.2, -0.15) is 0 Å². The van der Waals surface area contributed by atoms with Crippen LogP contribution in [0.3, 0.4) is 0 Å². The van der Waals surface area contributed by atoms with E-state index in [4.69, 9.17) is 18.6 Å². The molecule has 0 bridgehead atoms. The molecule has 1 amide bonds. The maximum Gasteiger partial charge on any atom is 0.336 e. The van der Waals surface area contributed by atoms with E-state index >= 15 is 0 Å². The summed E-state index contributed by atoms with van der Waals surface area (Å²) in [6.07, 6.45) is 0.611. The molecule has 0 aliphatic carbocycles. The van der Waals surface area contributed by atoms with Crippen LogP contribution in [-0.4, -0.2) is 38.2 Å². The first-order valence-electron chi connectivity index (χ1n) is 11.9. The molecule has 3 aromatic carbocycles. The Morgan fingerprint density at radius 1 is 1.03 bits per heavy atom. The quantitative estimate of drug-likeness (QED) is 0.342. The van der Waals surface area contributed by atoms with Gasteiger partial charge in [-0.1, -0.05) is 0 Å². The van der Waals surface area contributed by atoms with Gasteiger partial charge in [-0.3, -0.25) is 4.79 Å². The van der Waals surface area contributed by atoms with Crippen molar-refractivity contribution in [1.82, 2.24) is 4.90 Å². The van der Waals surface area contributed by atoms with Gasteiger partial charge in [0, 0.05) is 29.6 Å². The number of nitrogens with zero attached hydrogens (tertiary/aromatic N) is 1. The topological polar surface area (TPSA) is 78.2 Å². The molecule has 4 aromatic rings. The van der Waals surface area contributed by atoms with Crippen molar-refractivity contribution in [3.05, 3.63) is 99.2 Å². The van der Waals surface area contributed by atoms with Gasteiger partial charge in [0.25, 0.3) is 5.91 Å². The number of fused-ring (bicyclic) bond motifs is 2. The molecule has 2 heterocycles. The zero-order valence-corrected chi connectivity index (χ0v) is 20.7. The highest BCUT2D eigenvalue weighted by Crippen LogP contribution is 2.39. The minimum absolute atomic E-state index is 0.136. The largest absolute Gasteiger partial charge is 0.493 e. The van der Waals surface area contributed by atoms with Crippen molar-refractivity contribution in [1.29, 1.82) is 0 Å². The first kappa shape index (κ1) is 24.4. The second kappa shape index (κ2) is 9.97. The number of benzene rings is 3. The number of ether oxygens (including phenoxy) is 3. The van der Waals surface area contributed by atoms with Gasteiger partial charge < -0.3 is 23.5 Å². The van der Waals surface area contributed by atoms with Crippen LogP contribution >= 0.6 is 0 Å². The van der Waals surface area contributed by atoms with E-state index in [1.54, 1.807) is 31.3 Å². The summed E-state index contributed by atoms with van der Waals surface area (Å²) in [5.41, 5.74) is 3.10. The minimum Gasteiger partial charge on any atom is -0.493 e. The van der Waals surface area contributed by atoms with Crippen LogP contribution in [0.2, 0.25) is 0 Å². The fraction of sp³-hybridized carbons (Fsp3) is 0.241. The van der Waals surface area contributed by atoms with Crippen LogP contribution in [-0.2, 0) is 6.42 Å². The SMILES string of the molecule is COc1cc2c(cc1OC)[C@@H](COc1ccc3c(C)cc(=O)oc3c1)N(C(=O)c1ccc(F)cc1)CC2. The number of rotatable bonds is 6. The monoisotopic (exact) mass is 503 g/mol. The molecule has 1 aromatic heterocycles. The third-order valence-electron chi connectivity index (χ3n) is 6.69. The lowest BCUT2D eigenvalue weighted by Gasteiger charge is -2.37. The summed E-state index contributed by atoms with van der Waals surface area (Å²) in [6, 6.07) is 15.6. The third kappa shape index (κ3) is 4.74. The molecule has 37 heavy (non-hydrogen) atoms. The smallest absolute Gasteiger partial charge is 0.336 e. The van der Waals surface area contributed by atoms with E-state index in [-0.39, 0.29) is 12.5 Å². The van der Waals surface area contributed by atoms with E-state index in [2.05, 4.69) is 0 Å². The first-order valence-corrected chi connectivity index (χ1v) is 11.9. The summed E-state index contributed by atoms with van der Waals surface area (Å²) >= 11 is 0. The Hall–Kier alpha value is -4.33. The highest BCUT2D eigenvalue weighted by molar-refractivity contribution is 5.94. The molecule has 0 saturated heterocycles. The Kier molecular flexibility index (Phi) is 6.56. The van der Waals surface area contributed by atoms with Crippen molar-refractivity contribution in [2.24, 2.45) is 0 Å². The van der Waals surface area contributed by atoms with Gasteiger partial charge in [0.15, 0.2) is 11.5 Å². The Morgan fingerprint density at radius 2 is 1.76 bits per heavy atom. The van der Waals surface area contributed by atoms with E-state index < -0.39 is 17.5 Å². The van der Waals surface area contributed by atoms with E-state index in [0.29, 0.717) is 41.4 Å². The average Bonchev–Trinajstić information content (AvgIpc) is 2.90. The number of methoxy groups -OCH3 is 2. The van der Waals surface area contributed by atoms with Gasteiger partial charge in [-0.15, -0.1) is 0 Å². The first-order chi connectivity index (χ1) is 17.9. The molecule has 0 saturated carbocycles. The molecule has 1 atom stereocenters. The maximum atomic E-state index is 13.5. The number of carbonyl (C=O) groups is 1. The molecule has 0 N–H and O–H groups in total. The lowest BCUT2D eigenvalue weighted by atomic mass is 9.91. The summed E-state index contributed by atoms with van der Waals surface area (Å²) in [6.45, 7) is 2.43. The molecule has 190 valence electrons. The fourth-order valence-electron chi connectivity index (χ4n) is 4.78. The molecule has 0 fully saturated rings. The maximum absolute atomic E-state index is 13.5. The van der Waals surface area contributed by atoms with E-state index in [1.807, 2.05) is 25.1 Å². The van der Waals surface area contributed by atoms with Gasteiger partial charge in [0.05, 0.1) is 20.3 Å². The van der Waals surface area contributed by atoms with Crippen molar-refractivity contribution in [2.45, 2.75) is 19.4 Å². The summed E-state index contributed by atoms with van der Waals surface area (Å²) in [5, 5.41) is 0.819. The van der Waals surface area contributed by atoms with Crippen molar-refractivity contribution in [3.63, 3.8) is 0 Å². The van der Waals surface area contributed by atoms with Crippen molar-refractivity contribution >= 4 is 16.9 Å². The zero-order chi connectivity index (χ0) is 26.1. The van der Waals surface area contributed by atoms with E-state index in [1.165, 1.54) is 30.3 Å². The van der Waals surface area contributed by atoms with Gasteiger partial charge >= 0.3 is 5.63 Å². The second-order valence-corrected chi connectivity index (χ2v) is 8.89. The number of amides is 1. The van der Waals surface area contributed by atoms with Crippen LogP contribution in [0.4, 0.5) is 4.39 Å². The summed E-state index contributed by atoms with van der Waals surface area (Å²) in [5.74, 6) is 1.03. The summed E-state index contributed by atoms with van der Waals surface area (Å²) in [4.78, 5) is 27.1. The number of halogens is 1. The van der Waals surface area contributed by atoms with Crippen molar-refractivity contribution in [2.75, 3.05) is 27.4 Å². The van der Waals surface area contributed by atoms with Gasteiger partial charge in [0.2, 0.25) is 0 Å². The molecule has 5 rings (SSSR count). The number of aryl methyl sites for hydroxylation is 1. The third-order valence-corrected chi connectivity index (χ3v) is 6.69. The van der Waals surface area contributed by atoms with Crippen LogP contribution in [0.25, 0.3) is 11.0 Å². The predicted octanol–water partition coefficient (Wildman–Crippen LogP) is 5.08. The zero-order valence-electron chi connectivity index (χ0n) is 20.7. The molecule has 1 aliphatic rings. The number of carbonyl (C=O) groups excluding carboxylic acids is 1. The highest BCUT2D eigenvalue weighted by atomic mass is 19.1. The van der Waals surface area contributed by atoms with Gasteiger partial charge in [-0.25, -0.2) is 9.18 Å². The number of hydrogen-bond donors (Lipinski definition) is 0. The fourth-order valence-corrected chi connectivity index (χ4v) is 4.78. The molecule has 0 unspecified atom stereocenters. The highest BCUT2D eigenvalue weighted by Gasteiger charge is 2.33. The van der Waals surface area contributed by atoms with Crippen LogP contribution < -0.4 is 19.8 Å². The van der Waals surface area contributed by atoms with Gasteiger partial charge in [-0.05, 0) is 78.6 Å². The summed E-state index contributed by atoms with van der Waals surface area (Å²) < 4.78 is 36.0. The van der Waals surface area contributed by atoms with Crippen LogP contribution in [0.1, 0.15) is 33.1 Å². The Bertz CT molecular complexity index is 1530. The lowest BCUT2D eigenvalue weighted by molar-refractivity contribution is 0.0589. The standard InChI is InChI=1S/C29H26FNO6/c1-17-12-28(32)37-25-14-21(8-9-22(17)25)36-16-24-23-15-27(35-3)26(34-2)13-19(23)10-11-31(24)29(33)18-4-6-20(30)7-5-18/h4-9,12-15,24H,10-11,16H2,1-3H3/t24-/m1/s1. The average molecular weight is 504 g/mol.